The van der Waals surface area contributed by atoms with E-state index in [0.29, 0.717) is 12.2 Å². The summed E-state index contributed by atoms with van der Waals surface area (Å²) in [5.41, 5.74) is 0. The molecule has 0 bridgehead atoms. The van der Waals surface area contributed by atoms with Gasteiger partial charge in [0.05, 0.1) is 6.17 Å². The lowest BCUT2D eigenvalue weighted by Gasteiger charge is -2.26. The average Bonchev–Trinajstić information content (AvgIpc) is 1.84. The van der Waals surface area contributed by atoms with Crippen LogP contribution in [0.5, 0.6) is 0 Å². The molecule has 0 saturated heterocycles. The SMILES string of the molecule is C/C(S)=C/N(C)C(C)NC(C)C. The highest BCUT2D eigenvalue weighted by Crippen LogP contribution is 2.02. The summed E-state index contributed by atoms with van der Waals surface area (Å²) >= 11 is 4.21. The molecule has 0 aromatic carbocycles. The molecule has 12 heavy (non-hydrogen) atoms. The van der Waals surface area contributed by atoms with Gasteiger partial charge in [-0.1, -0.05) is 0 Å². The molecule has 0 heterocycles. The van der Waals surface area contributed by atoms with Crippen LogP contribution in [0, 0.1) is 0 Å². The first kappa shape index (κ1) is 11.8. The van der Waals surface area contributed by atoms with Crippen LogP contribution in [-0.2, 0) is 0 Å². The van der Waals surface area contributed by atoms with Crippen LogP contribution >= 0.6 is 12.6 Å². The van der Waals surface area contributed by atoms with Crippen LogP contribution in [-0.4, -0.2) is 24.2 Å². The van der Waals surface area contributed by atoms with E-state index in [1.54, 1.807) is 0 Å². The highest BCUT2D eigenvalue weighted by molar-refractivity contribution is 7.84. The predicted molar refractivity (Wildman–Crippen MR) is 58.2 cm³/mol. The van der Waals surface area contributed by atoms with Crippen LogP contribution in [0.15, 0.2) is 11.1 Å². The molecular weight excluding hydrogens is 168 g/mol. The summed E-state index contributed by atoms with van der Waals surface area (Å²) in [6, 6.07) is 0.510. The second kappa shape index (κ2) is 5.49. The number of hydrogen-bond acceptors (Lipinski definition) is 3. The van der Waals surface area contributed by atoms with Gasteiger partial charge in [-0.3, -0.25) is 5.32 Å². The van der Waals surface area contributed by atoms with E-state index in [9.17, 15) is 0 Å². The third-order valence-corrected chi connectivity index (χ3v) is 1.69. The first-order valence-electron chi connectivity index (χ1n) is 4.29. The van der Waals surface area contributed by atoms with E-state index >= 15 is 0 Å². The third-order valence-electron chi connectivity index (χ3n) is 1.58. The maximum Gasteiger partial charge on any atom is 0.0760 e. The Morgan fingerprint density at radius 2 is 1.92 bits per heavy atom. The predicted octanol–water partition coefficient (Wildman–Crippen LogP) is 2.05. The Morgan fingerprint density at radius 3 is 2.25 bits per heavy atom. The van der Waals surface area contributed by atoms with Gasteiger partial charge in [0, 0.05) is 19.3 Å². The van der Waals surface area contributed by atoms with Gasteiger partial charge in [-0.15, -0.1) is 12.6 Å². The summed E-state index contributed by atoms with van der Waals surface area (Å²) in [4.78, 5) is 3.14. The molecule has 1 atom stereocenters. The van der Waals surface area contributed by atoms with Crippen molar-refractivity contribution in [1.82, 2.24) is 10.2 Å². The number of rotatable bonds is 4. The standard InChI is InChI=1S/C9H20N2S/c1-7(2)10-9(4)11(5)6-8(3)12/h6-7,9-10,12H,1-5H3/b8-6-. The minimum Gasteiger partial charge on any atom is -0.365 e. The third kappa shape index (κ3) is 5.49. The fourth-order valence-corrected chi connectivity index (χ4v) is 1.19. The molecule has 0 fully saturated rings. The zero-order chi connectivity index (χ0) is 9.72. The quantitative estimate of drug-likeness (QED) is 0.518. The largest absolute Gasteiger partial charge is 0.365 e. The second-order valence-electron chi connectivity index (χ2n) is 3.43. The zero-order valence-corrected chi connectivity index (χ0v) is 9.52. The van der Waals surface area contributed by atoms with Gasteiger partial charge >= 0.3 is 0 Å². The molecule has 0 amide bonds. The smallest absolute Gasteiger partial charge is 0.0760 e. The van der Waals surface area contributed by atoms with E-state index in [-0.39, 0.29) is 0 Å². The van der Waals surface area contributed by atoms with E-state index in [0.717, 1.165) is 4.91 Å². The van der Waals surface area contributed by atoms with Crippen molar-refractivity contribution in [2.45, 2.75) is 39.9 Å². The Labute approximate surface area is 81.4 Å². The van der Waals surface area contributed by atoms with Crippen molar-refractivity contribution in [2.75, 3.05) is 7.05 Å². The lowest BCUT2D eigenvalue weighted by Crippen LogP contribution is -2.41. The minimum atomic E-state index is 0.354. The number of nitrogens with zero attached hydrogens (tertiary/aromatic N) is 1. The second-order valence-corrected chi connectivity index (χ2v) is 4.14. The first-order chi connectivity index (χ1) is 5.43. The van der Waals surface area contributed by atoms with Crippen molar-refractivity contribution in [2.24, 2.45) is 0 Å². The normalized spacial score (nSPS) is 15.1. The molecule has 1 N–H and O–H groups in total. The number of allylic oxidation sites excluding steroid dienone is 1. The first-order valence-corrected chi connectivity index (χ1v) is 4.73. The molecule has 0 aliphatic carbocycles. The van der Waals surface area contributed by atoms with Crippen molar-refractivity contribution >= 4 is 12.6 Å². The number of hydrogen-bond donors (Lipinski definition) is 2. The number of nitrogens with one attached hydrogen (secondary N) is 1. The van der Waals surface area contributed by atoms with E-state index in [1.807, 2.05) is 20.2 Å². The molecule has 1 unspecified atom stereocenters. The summed E-state index contributed by atoms with van der Waals surface area (Å²) in [5.74, 6) is 0. The summed E-state index contributed by atoms with van der Waals surface area (Å²) in [6.07, 6.45) is 2.37. The molecule has 72 valence electrons. The van der Waals surface area contributed by atoms with Crippen molar-refractivity contribution in [3.8, 4) is 0 Å². The van der Waals surface area contributed by atoms with Crippen molar-refractivity contribution in [3.63, 3.8) is 0 Å². The zero-order valence-electron chi connectivity index (χ0n) is 8.63. The van der Waals surface area contributed by atoms with Crippen molar-refractivity contribution in [1.29, 1.82) is 0 Å². The fourth-order valence-electron chi connectivity index (χ4n) is 1.01. The van der Waals surface area contributed by atoms with Crippen LogP contribution < -0.4 is 5.32 Å². The topological polar surface area (TPSA) is 15.3 Å². The molecule has 0 radical (unpaired) electrons. The van der Waals surface area contributed by atoms with E-state index < -0.39 is 0 Å². The molecule has 0 aromatic rings. The molecule has 0 aromatic heterocycles. The van der Waals surface area contributed by atoms with Gasteiger partial charge in [-0.05, 0) is 32.6 Å². The van der Waals surface area contributed by atoms with Crippen LogP contribution in [0.2, 0.25) is 0 Å². The van der Waals surface area contributed by atoms with Crippen LogP contribution in [0.4, 0.5) is 0 Å². The molecular formula is C9H20N2S. The molecule has 0 rings (SSSR count). The van der Waals surface area contributed by atoms with Gasteiger partial charge in [0.25, 0.3) is 0 Å². The van der Waals surface area contributed by atoms with Gasteiger partial charge in [-0.25, -0.2) is 0 Å². The van der Waals surface area contributed by atoms with Crippen molar-refractivity contribution < 1.29 is 0 Å². The van der Waals surface area contributed by atoms with Gasteiger partial charge in [0.1, 0.15) is 0 Å². The summed E-state index contributed by atoms with van der Waals surface area (Å²) in [7, 11) is 2.04. The van der Waals surface area contributed by atoms with Crippen LogP contribution in [0.3, 0.4) is 0 Å². The fraction of sp³-hybridized carbons (Fsp3) is 0.778. The minimum absolute atomic E-state index is 0.354. The van der Waals surface area contributed by atoms with E-state index in [4.69, 9.17) is 0 Å². The summed E-state index contributed by atoms with van der Waals surface area (Å²) in [5, 5.41) is 3.40. The van der Waals surface area contributed by atoms with Crippen LogP contribution in [0.1, 0.15) is 27.7 Å². The Kier molecular flexibility index (Phi) is 5.42. The molecule has 0 aliphatic heterocycles. The lowest BCUT2D eigenvalue weighted by molar-refractivity contribution is 0.279. The van der Waals surface area contributed by atoms with E-state index in [1.165, 1.54) is 0 Å². The maximum atomic E-state index is 4.21. The maximum absolute atomic E-state index is 4.21. The summed E-state index contributed by atoms with van der Waals surface area (Å²) < 4.78 is 0. The highest BCUT2D eigenvalue weighted by atomic mass is 32.1. The molecule has 0 saturated carbocycles. The van der Waals surface area contributed by atoms with Crippen LogP contribution in [0.25, 0.3) is 0 Å². The van der Waals surface area contributed by atoms with Gasteiger partial charge in [0.2, 0.25) is 0 Å². The summed E-state index contributed by atoms with van der Waals surface area (Å²) in [6.45, 7) is 8.39. The number of thiol groups is 1. The Hall–Kier alpha value is -0.150. The lowest BCUT2D eigenvalue weighted by atomic mass is 10.3. The molecule has 2 nitrogen and oxygen atoms in total. The Balaban J connectivity index is 3.93. The van der Waals surface area contributed by atoms with Gasteiger partial charge in [-0.2, -0.15) is 0 Å². The monoisotopic (exact) mass is 188 g/mol. The molecule has 0 aliphatic rings. The highest BCUT2D eigenvalue weighted by Gasteiger charge is 2.05. The van der Waals surface area contributed by atoms with E-state index in [2.05, 4.69) is 43.6 Å². The molecule has 3 heteroatoms. The van der Waals surface area contributed by atoms with Gasteiger partial charge < -0.3 is 4.90 Å². The van der Waals surface area contributed by atoms with Gasteiger partial charge in [0.15, 0.2) is 0 Å². The Morgan fingerprint density at radius 1 is 1.42 bits per heavy atom. The molecule has 0 spiro atoms. The Bertz CT molecular complexity index is 151. The van der Waals surface area contributed by atoms with Crippen molar-refractivity contribution in [3.05, 3.63) is 11.1 Å². The average molecular weight is 188 g/mol.